The van der Waals surface area contributed by atoms with Crippen LogP contribution < -0.4 is 10.9 Å². The summed E-state index contributed by atoms with van der Waals surface area (Å²) in [6, 6.07) is 9.46. The normalized spacial score (nSPS) is 14.8. The van der Waals surface area contributed by atoms with Gasteiger partial charge in [0.25, 0.3) is 11.5 Å². The van der Waals surface area contributed by atoms with Crippen molar-refractivity contribution in [2.24, 2.45) is 0 Å². The molecule has 1 aromatic heterocycles. The summed E-state index contributed by atoms with van der Waals surface area (Å²) in [6.07, 6.45) is 2.52. The molecule has 1 aliphatic rings. The van der Waals surface area contributed by atoms with Crippen molar-refractivity contribution in [2.75, 3.05) is 11.9 Å². The van der Waals surface area contributed by atoms with Crippen molar-refractivity contribution in [2.45, 2.75) is 40.3 Å². The fourth-order valence-electron chi connectivity index (χ4n) is 3.52. The minimum Gasteiger partial charge on any atom is -0.367 e. The Kier molecular flexibility index (Phi) is 7.77. The van der Waals surface area contributed by atoms with E-state index in [0.717, 1.165) is 12.0 Å². The molecule has 2 heterocycles. The minimum absolute atomic E-state index is 0.0606. The third kappa shape index (κ3) is 4.60. The highest BCUT2D eigenvalue weighted by Gasteiger charge is 2.32. The Morgan fingerprint density at radius 3 is 2.62 bits per heavy atom. The number of benzene rings is 1. The van der Waals surface area contributed by atoms with E-state index in [4.69, 9.17) is 23.8 Å². The Hall–Kier alpha value is -2.60. The second-order valence-corrected chi connectivity index (χ2v) is 9.28. The zero-order valence-electron chi connectivity index (χ0n) is 18.1. The largest absolute Gasteiger partial charge is 0.367 e. The third-order valence-electron chi connectivity index (χ3n) is 5.19. The first-order valence-electron chi connectivity index (χ1n) is 10.2. The second-order valence-electron chi connectivity index (χ2n) is 7.20. The van der Waals surface area contributed by atoms with Crippen LogP contribution in [-0.2, 0) is 17.9 Å². The molecule has 0 bridgehead atoms. The van der Waals surface area contributed by atoms with E-state index in [0.29, 0.717) is 50.8 Å². The average molecular weight is 487 g/mol. The van der Waals surface area contributed by atoms with Gasteiger partial charge < -0.3 is 5.32 Å². The highest BCUT2D eigenvalue weighted by Crippen LogP contribution is 2.35. The first-order valence-corrected chi connectivity index (χ1v) is 11.8. The summed E-state index contributed by atoms with van der Waals surface area (Å²) in [5.41, 5.74) is 1.69. The molecule has 166 valence electrons. The quantitative estimate of drug-likeness (QED) is 0.442. The number of nitrogens with zero attached hydrogens (tertiary/aromatic N) is 3. The molecule has 0 radical (unpaired) electrons. The number of thiocarbonyl (C=S) groups is 1. The van der Waals surface area contributed by atoms with E-state index in [9.17, 15) is 14.9 Å². The average Bonchev–Trinajstić information content (AvgIpc) is 3.03. The number of aromatic nitrogens is 1. The van der Waals surface area contributed by atoms with Gasteiger partial charge in [-0.25, -0.2) is 0 Å². The lowest BCUT2D eigenvalue weighted by molar-refractivity contribution is -0.122. The lowest BCUT2D eigenvalue weighted by atomic mass is 10.0. The molecule has 32 heavy (non-hydrogen) atoms. The molecule has 1 saturated heterocycles. The van der Waals surface area contributed by atoms with E-state index in [-0.39, 0.29) is 17.0 Å². The summed E-state index contributed by atoms with van der Waals surface area (Å²) in [7, 11) is 0. The van der Waals surface area contributed by atoms with Crippen LogP contribution in [0, 0.1) is 18.3 Å². The number of pyridine rings is 1. The van der Waals surface area contributed by atoms with Crippen molar-refractivity contribution in [3.63, 3.8) is 0 Å². The van der Waals surface area contributed by atoms with Gasteiger partial charge in [0.15, 0.2) is 0 Å². The molecule has 1 aromatic carbocycles. The second kappa shape index (κ2) is 10.3. The monoisotopic (exact) mass is 486 g/mol. The molecule has 3 rings (SSSR count). The number of carbonyl (C=O) groups excluding carboxylic acids is 1. The van der Waals surface area contributed by atoms with Crippen LogP contribution in [0.25, 0.3) is 6.08 Å². The first-order chi connectivity index (χ1) is 15.3. The van der Waals surface area contributed by atoms with Gasteiger partial charge in [-0.2, -0.15) is 5.26 Å². The van der Waals surface area contributed by atoms with Crippen molar-refractivity contribution < 1.29 is 4.79 Å². The molecule has 1 N–H and O–H groups in total. The molecular formula is C23H23ClN4O2S2. The van der Waals surface area contributed by atoms with Crippen LogP contribution in [0.2, 0.25) is 5.02 Å². The Bertz CT molecular complexity index is 1210. The highest BCUT2D eigenvalue weighted by atomic mass is 35.5. The molecule has 0 saturated carbocycles. The van der Waals surface area contributed by atoms with Gasteiger partial charge in [0, 0.05) is 30.2 Å². The topological polar surface area (TPSA) is 78.1 Å². The Morgan fingerprint density at radius 2 is 2.00 bits per heavy atom. The molecule has 6 nitrogen and oxygen atoms in total. The number of amides is 1. The van der Waals surface area contributed by atoms with Crippen LogP contribution in [0.3, 0.4) is 0 Å². The number of nitrogens with one attached hydrogen (secondary N) is 1. The van der Waals surface area contributed by atoms with Crippen LogP contribution >= 0.6 is 35.6 Å². The lowest BCUT2D eigenvalue weighted by Gasteiger charge is -2.19. The number of halogens is 1. The fraction of sp³-hybridized carbons (Fsp3) is 0.304. The molecule has 2 aromatic rings. The van der Waals surface area contributed by atoms with Crippen molar-refractivity contribution in [1.29, 1.82) is 5.26 Å². The predicted octanol–water partition coefficient (Wildman–Crippen LogP) is 4.93. The zero-order valence-corrected chi connectivity index (χ0v) is 20.5. The summed E-state index contributed by atoms with van der Waals surface area (Å²) in [5.74, 6) is 0.376. The number of rotatable bonds is 7. The third-order valence-corrected chi connectivity index (χ3v) is 6.94. The smallest absolute Gasteiger partial charge is 0.270 e. The zero-order chi connectivity index (χ0) is 23.4. The van der Waals surface area contributed by atoms with Crippen LogP contribution in [0.5, 0.6) is 0 Å². The van der Waals surface area contributed by atoms with Crippen molar-refractivity contribution in [3.05, 3.63) is 66.8 Å². The van der Waals surface area contributed by atoms with Gasteiger partial charge in [0.1, 0.15) is 21.8 Å². The maximum absolute atomic E-state index is 12.9. The maximum atomic E-state index is 12.9. The predicted molar refractivity (Wildman–Crippen MR) is 135 cm³/mol. The van der Waals surface area contributed by atoms with Crippen LogP contribution in [0.4, 0.5) is 5.82 Å². The van der Waals surface area contributed by atoms with Crippen LogP contribution in [0.15, 0.2) is 34.0 Å². The van der Waals surface area contributed by atoms with Gasteiger partial charge in [-0.3, -0.25) is 19.1 Å². The summed E-state index contributed by atoms with van der Waals surface area (Å²) in [4.78, 5) is 27.9. The van der Waals surface area contributed by atoms with Crippen molar-refractivity contribution in [3.8, 4) is 6.07 Å². The Balaban J connectivity index is 2.15. The summed E-state index contributed by atoms with van der Waals surface area (Å²) < 4.78 is 2.02. The highest BCUT2D eigenvalue weighted by molar-refractivity contribution is 8.26. The standard InChI is InChI=1S/C23H23ClN4O2S2/c1-4-10-28-22(30)19(32-23(28)31)11-16-14(3)17(12-25)21(29)27(5-2)20(16)26-13-15-8-6-7-9-18(15)24/h6-9,11,26H,4-5,10,13H2,1-3H3/b19-11+. The first kappa shape index (κ1) is 24.1. The number of anilines is 1. The van der Waals surface area contributed by atoms with E-state index in [1.807, 2.05) is 38.1 Å². The Labute approximate surface area is 201 Å². The number of hydrogen-bond acceptors (Lipinski definition) is 6. The molecule has 9 heteroatoms. The summed E-state index contributed by atoms with van der Waals surface area (Å²) >= 11 is 12.9. The molecule has 1 aliphatic heterocycles. The van der Waals surface area contributed by atoms with Gasteiger partial charge in [-0.05, 0) is 43.5 Å². The number of carbonyl (C=O) groups is 1. The van der Waals surface area contributed by atoms with Crippen LogP contribution in [-0.4, -0.2) is 26.2 Å². The van der Waals surface area contributed by atoms with Gasteiger partial charge in [0.2, 0.25) is 0 Å². The van der Waals surface area contributed by atoms with Crippen molar-refractivity contribution in [1.82, 2.24) is 9.47 Å². The molecule has 0 aliphatic carbocycles. The Morgan fingerprint density at radius 1 is 1.28 bits per heavy atom. The van der Waals surface area contributed by atoms with E-state index < -0.39 is 0 Å². The SMILES string of the molecule is CCCN1C(=O)/C(=C\c2c(C)c(C#N)c(=O)n(CC)c2NCc2ccccc2Cl)SC1=S. The van der Waals surface area contributed by atoms with Gasteiger partial charge >= 0.3 is 0 Å². The number of nitriles is 1. The van der Waals surface area contributed by atoms with Crippen molar-refractivity contribution >= 4 is 57.7 Å². The fourth-order valence-corrected chi connectivity index (χ4v) is 5.02. The summed E-state index contributed by atoms with van der Waals surface area (Å²) in [5, 5.41) is 13.5. The lowest BCUT2D eigenvalue weighted by Crippen LogP contribution is -2.29. The van der Waals surface area contributed by atoms with Crippen LogP contribution in [0.1, 0.15) is 42.5 Å². The molecule has 1 amide bonds. The van der Waals surface area contributed by atoms with E-state index in [1.165, 1.54) is 16.3 Å². The molecule has 1 fully saturated rings. The molecular weight excluding hydrogens is 464 g/mol. The van der Waals surface area contributed by atoms with Gasteiger partial charge in [-0.1, -0.05) is 60.7 Å². The summed E-state index contributed by atoms with van der Waals surface area (Å²) in [6.45, 7) is 6.83. The van der Waals surface area contributed by atoms with E-state index in [1.54, 1.807) is 24.0 Å². The molecule has 0 spiro atoms. The molecule has 0 atom stereocenters. The van der Waals surface area contributed by atoms with Gasteiger partial charge in [-0.15, -0.1) is 0 Å². The minimum atomic E-state index is -0.371. The number of thioether (sulfide) groups is 1. The van der Waals surface area contributed by atoms with E-state index in [2.05, 4.69) is 5.32 Å². The van der Waals surface area contributed by atoms with E-state index >= 15 is 0 Å². The molecule has 0 unspecified atom stereocenters. The maximum Gasteiger partial charge on any atom is 0.270 e. The van der Waals surface area contributed by atoms with Gasteiger partial charge in [0.05, 0.1) is 4.91 Å². The number of hydrogen-bond donors (Lipinski definition) is 1.